The van der Waals surface area contributed by atoms with E-state index >= 15 is 0 Å². The average Bonchev–Trinajstić information content (AvgIpc) is 2.44. The molecule has 13 heavy (non-hydrogen) atoms. The van der Waals surface area contributed by atoms with Gasteiger partial charge in [0.25, 0.3) is 5.91 Å². The summed E-state index contributed by atoms with van der Waals surface area (Å²) in [5.41, 5.74) is 0.601. The largest absolute Gasteiger partial charge is 0.469 e. The van der Waals surface area contributed by atoms with Gasteiger partial charge in [0, 0.05) is 13.1 Å². The molecule has 2 rings (SSSR count). The van der Waals surface area contributed by atoms with Crippen LogP contribution in [-0.4, -0.2) is 25.0 Å². The van der Waals surface area contributed by atoms with Crippen LogP contribution in [0.1, 0.15) is 16.1 Å². The van der Waals surface area contributed by atoms with Crippen LogP contribution in [0.15, 0.2) is 16.7 Å². The van der Waals surface area contributed by atoms with Crippen molar-refractivity contribution in [2.24, 2.45) is 0 Å². The summed E-state index contributed by atoms with van der Waals surface area (Å²) in [4.78, 5) is 11.5. The Morgan fingerprint density at radius 3 is 2.92 bits per heavy atom. The van der Waals surface area contributed by atoms with Crippen molar-refractivity contribution in [2.75, 3.05) is 13.1 Å². The fourth-order valence-corrected chi connectivity index (χ4v) is 1.22. The van der Waals surface area contributed by atoms with Gasteiger partial charge in [-0.15, -0.1) is 0 Å². The molecular weight excluding hydrogens is 168 g/mol. The molecule has 70 valence electrons. The van der Waals surface area contributed by atoms with E-state index in [0.29, 0.717) is 5.56 Å². The SMILES string of the molecule is Cc1cc(C(=O)NC2CNC2)co1. The van der Waals surface area contributed by atoms with E-state index in [2.05, 4.69) is 10.6 Å². The monoisotopic (exact) mass is 180 g/mol. The second-order valence-corrected chi connectivity index (χ2v) is 3.27. The predicted molar refractivity (Wildman–Crippen MR) is 47.6 cm³/mol. The van der Waals surface area contributed by atoms with Crippen LogP contribution in [0.5, 0.6) is 0 Å². The van der Waals surface area contributed by atoms with E-state index in [0.717, 1.165) is 18.8 Å². The standard InChI is InChI=1S/C9H12N2O2/c1-6-2-7(5-13-6)9(12)11-8-3-10-4-8/h2,5,8,10H,3-4H2,1H3,(H,11,12). The number of amides is 1. The van der Waals surface area contributed by atoms with Gasteiger partial charge in [0.15, 0.2) is 0 Å². The topological polar surface area (TPSA) is 54.3 Å². The number of hydrogen-bond donors (Lipinski definition) is 2. The average molecular weight is 180 g/mol. The summed E-state index contributed by atoms with van der Waals surface area (Å²) in [6, 6.07) is 2.02. The fraction of sp³-hybridized carbons (Fsp3) is 0.444. The molecule has 4 heteroatoms. The van der Waals surface area contributed by atoms with Crippen LogP contribution < -0.4 is 10.6 Å². The molecule has 0 aliphatic carbocycles. The molecule has 0 unspecified atom stereocenters. The first-order valence-electron chi connectivity index (χ1n) is 4.32. The molecule has 4 nitrogen and oxygen atoms in total. The summed E-state index contributed by atoms with van der Waals surface area (Å²) in [7, 11) is 0. The summed E-state index contributed by atoms with van der Waals surface area (Å²) in [6.45, 7) is 3.55. The van der Waals surface area contributed by atoms with Crippen LogP contribution in [-0.2, 0) is 0 Å². The van der Waals surface area contributed by atoms with Crippen LogP contribution in [0.4, 0.5) is 0 Å². The molecule has 0 saturated carbocycles. The molecule has 0 spiro atoms. The van der Waals surface area contributed by atoms with Gasteiger partial charge in [0.1, 0.15) is 12.0 Å². The van der Waals surface area contributed by atoms with Gasteiger partial charge in [0.2, 0.25) is 0 Å². The third-order valence-electron chi connectivity index (χ3n) is 2.11. The Bertz CT molecular complexity index is 315. The zero-order valence-electron chi connectivity index (χ0n) is 7.46. The Balaban J connectivity index is 1.96. The summed E-state index contributed by atoms with van der Waals surface area (Å²) < 4.78 is 5.04. The van der Waals surface area contributed by atoms with Crippen molar-refractivity contribution in [3.05, 3.63) is 23.7 Å². The molecule has 0 atom stereocenters. The zero-order valence-corrected chi connectivity index (χ0v) is 7.46. The molecule has 1 fully saturated rings. The van der Waals surface area contributed by atoms with Gasteiger partial charge in [-0.1, -0.05) is 0 Å². The highest BCUT2D eigenvalue weighted by Crippen LogP contribution is 2.06. The van der Waals surface area contributed by atoms with E-state index in [1.54, 1.807) is 6.07 Å². The van der Waals surface area contributed by atoms with E-state index < -0.39 is 0 Å². The molecular formula is C9H12N2O2. The molecule has 0 aromatic carbocycles. The van der Waals surface area contributed by atoms with E-state index in [-0.39, 0.29) is 11.9 Å². The molecule has 2 N–H and O–H groups in total. The molecule has 1 aliphatic rings. The Hall–Kier alpha value is -1.29. The molecule has 1 aromatic rings. The van der Waals surface area contributed by atoms with Crippen molar-refractivity contribution in [2.45, 2.75) is 13.0 Å². The van der Waals surface area contributed by atoms with Crippen LogP contribution in [0.25, 0.3) is 0 Å². The van der Waals surface area contributed by atoms with E-state index in [1.165, 1.54) is 6.26 Å². The number of nitrogens with one attached hydrogen (secondary N) is 2. The normalized spacial score (nSPS) is 16.7. The van der Waals surface area contributed by atoms with Crippen molar-refractivity contribution in [3.63, 3.8) is 0 Å². The van der Waals surface area contributed by atoms with Crippen molar-refractivity contribution in [1.82, 2.24) is 10.6 Å². The Morgan fingerprint density at radius 2 is 2.46 bits per heavy atom. The fourth-order valence-electron chi connectivity index (χ4n) is 1.22. The molecule has 0 bridgehead atoms. The first-order chi connectivity index (χ1) is 6.25. The van der Waals surface area contributed by atoms with Crippen molar-refractivity contribution >= 4 is 5.91 Å². The summed E-state index contributed by atoms with van der Waals surface area (Å²) in [5, 5.41) is 5.97. The lowest BCUT2D eigenvalue weighted by atomic mass is 10.1. The Kier molecular flexibility index (Phi) is 2.06. The number of furan rings is 1. The molecule has 1 amide bonds. The number of rotatable bonds is 2. The van der Waals surface area contributed by atoms with Gasteiger partial charge < -0.3 is 15.1 Å². The maximum atomic E-state index is 11.5. The maximum absolute atomic E-state index is 11.5. The van der Waals surface area contributed by atoms with Crippen LogP contribution in [0.3, 0.4) is 0 Å². The maximum Gasteiger partial charge on any atom is 0.254 e. The second-order valence-electron chi connectivity index (χ2n) is 3.27. The molecule has 0 radical (unpaired) electrons. The van der Waals surface area contributed by atoms with Gasteiger partial charge in [-0.3, -0.25) is 4.79 Å². The minimum Gasteiger partial charge on any atom is -0.469 e. The van der Waals surface area contributed by atoms with E-state index in [9.17, 15) is 4.79 Å². The van der Waals surface area contributed by atoms with Crippen LogP contribution in [0, 0.1) is 6.92 Å². The summed E-state index contributed by atoms with van der Waals surface area (Å²) in [6.07, 6.45) is 1.48. The minimum absolute atomic E-state index is 0.0525. The smallest absolute Gasteiger partial charge is 0.254 e. The predicted octanol–water partition coefficient (Wildman–Crippen LogP) is 0.290. The first-order valence-corrected chi connectivity index (χ1v) is 4.32. The molecule has 2 heterocycles. The minimum atomic E-state index is -0.0525. The quantitative estimate of drug-likeness (QED) is 0.687. The molecule has 1 aliphatic heterocycles. The van der Waals surface area contributed by atoms with Crippen LogP contribution >= 0.6 is 0 Å². The lowest BCUT2D eigenvalue weighted by Gasteiger charge is -2.27. The Labute approximate surface area is 76.3 Å². The van der Waals surface area contributed by atoms with Crippen molar-refractivity contribution < 1.29 is 9.21 Å². The number of carbonyl (C=O) groups is 1. The highest BCUT2D eigenvalue weighted by Gasteiger charge is 2.19. The van der Waals surface area contributed by atoms with Gasteiger partial charge in [0.05, 0.1) is 11.6 Å². The number of carbonyl (C=O) groups excluding carboxylic acids is 1. The van der Waals surface area contributed by atoms with Gasteiger partial charge in [-0.25, -0.2) is 0 Å². The second kappa shape index (κ2) is 3.22. The van der Waals surface area contributed by atoms with Gasteiger partial charge >= 0.3 is 0 Å². The molecule has 1 saturated heterocycles. The van der Waals surface area contributed by atoms with E-state index in [1.807, 2.05) is 6.92 Å². The van der Waals surface area contributed by atoms with Crippen LogP contribution in [0.2, 0.25) is 0 Å². The Morgan fingerprint density at radius 1 is 1.69 bits per heavy atom. The highest BCUT2D eigenvalue weighted by atomic mass is 16.3. The highest BCUT2D eigenvalue weighted by molar-refractivity contribution is 5.94. The van der Waals surface area contributed by atoms with Crippen molar-refractivity contribution in [1.29, 1.82) is 0 Å². The lowest BCUT2D eigenvalue weighted by molar-refractivity contribution is 0.0923. The molecule has 1 aromatic heterocycles. The van der Waals surface area contributed by atoms with E-state index in [4.69, 9.17) is 4.42 Å². The van der Waals surface area contributed by atoms with Gasteiger partial charge in [-0.2, -0.15) is 0 Å². The van der Waals surface area contributed by atoms with Crippen molar-refractivity contribution in [3.8, 4) is 0 Å². The zero-order chi connectivity index (χ0) is 9.26. The lowest BCUT2D eigenvalue weighted by Crippen LogP contribution is -2.56. The first kappa shape index (κ1) is 8.31. The van der Waals surface area contributed by atoms with Gasteiger partial charge in [-0.05, 0) is 13.0 Å². The number of aryl methyl sites for hydroxylation is 1. The summed E-state index contributed by atoms with van der Waals surface area (Å²) in [5.74, 6) is 0.709. The third-order valence-corrected chi connectivity index (χ3v) is 2.11. The third kappa shape index (κ3) is 1.72. The number of hydrogen-bond acceptors (Lipinski definition) is 3. The summed E-state index contributed by atoms with van der Waals surface area (Å²) >= 11 is 0.